The summed E-state index contributed by atoms with van der Waals surface area (Å²) in [5.74, 6) is 0.594. The van der Waals surface area contributed by atoms with E-state index in [1.165, 1.54) is 17.4 Å². The van der Waals surface area contributed by atoms with E-state index < -0.39 is 0 Å². The zero-order chi connectivity index (χ0) is 19.1. The van der Waals surface area contributed by atoms with E-state index >= 15 is 0 Å². The number of para-hydroxylation sites is 1. The number of hydrogen-bond acceptors (Lipinski definition) is 3. The molecule has 0 N–H and O–H groups in total. The summed E-state index contributed by atoms with van der Waals surface area (Å²) in [6.07, 6.45) is 4.04. The second-order valence-corrected chi connectivity index (χ2v) is 7.34. The van der Waals surface area contributed by atoms with Crippen LogP contribution in [0.2, 0.25) is 0 Å². The van der Waals surface area contributed by atoms with Gasteiger partial charge in [-0.15, -0.1) is 0 Å². The Morgan fingerprint density at radius 2 is 1.61 bits per heavy atom. The van der Waals surface area contributed by atoms with Crippen molar-refractivity contribution in [3.8, 4) is 5.69 Å². The van der Waals surface area contributed by atoms with Gasteiger partial charge in [-0.1, -0.05) is 48.5 Å². The standard InChI is InChI=1S/C22H20N4O2/c27-21-19-20(23-15-24(19)13-17-11-12-17)26(18-9-5-2-6-10-18)22(28)25(21)14-16-7-3-1-4-8-16/h1-10,15,17H,11-14H2. The lowest BCUT2D eigenvalue weighted by Gasteiger charge is -2.13. The monoisotopic (exact) mass is 372 g/mol. The van der Waals surface area contributed by atoms with Gasteiger partial charge in [0.05, 0.1) is 18.6 Å². The summed E-state index contributed by atoms with van der Waals surface area (Å²) in [7, 11) is 0. The molecule has 1 aliphatic rings. The molecule has 0 amide bonds. The third-order valence-electron chi connectivity index (χ3n) is 5.25. The minimum atomic E-state index is -0.371. The molecule has 2 aromatic carbocycles. The van der Waals surface area contributed by atoms with Crippen molar-refractivity contribution < 1.29 is 0 Å². The number of hydrogen-bond donors (Lipinski definition) is 0. The molecule has 6 heteroatoms. The average molecular weight is 372 g/mol. The molecular formula is C22H20N4O2. The van der Waals surface area contributed by atoms with Crippen LogP contribution in [0.4, 0.5) is 0 Å². The van der Waals surface area contributed by atoms with Gasteiger partial charge in [0.1, 0.15) is 0 Å². The lowest BCUT2D eigenvalue weighted by molar-refractivity contribution is 0.630. The van der Waals surface area contributed by atoms with Crippen molar-refractivity contribution in [1.29, 1.82) is 0 Å². The van der Waals surface area contributed by atoms with Gasteiger partial charge in [-0.2, -0.15) is 0 Å². The van der Waals surface area contributed by atoms with Crippen LogP contribution in [0.3, 0.4) is 0 Å². The summed E-state index contributed by atoms with van der Waals surface area (Å²) in [4.78, 5) is 31.1. The van der Waals surface area contributed by atoms with Gasteiger partial charge < -0.3 is 4.57 Å². The number of fused-ring (bicyclic) bond motifs is 1. The maximum atomic E-state index is 13.3. The predicted octanol–water partition coefficient (Wildman–Crippen LogP) is 2.81. The fraction of sp³-hybridized carbons (Fsp3) is 0.227. The first-order valence-corrected chi connectivity index (χ1v) is 9.52. The van der Waals surface area contributed by atoms with Gasteiger partial charge in [0.25, 0.3) is 5.56 Å². The number of benzene rings is 2. The molecule has 0 radical (unpaired) electrons. The maximum absolute atomic E-state index is 13.3. The molecule has 1 fully saturated rings. The van der Waals surface area contributed by atoms with E-state index in [1.807, 2.05) is 65.2 Å². The van der Waals surface area contributed by atoms with Crippen molar-refractivity contribution in [1.82, 2.24) is 18.7 Å². The zero-order valence-electron chi connectivity index (χ0n) is 15.4. The first-order valence-electron chi connectivity index (χ1n) is 9.52. The van der Waals surface area contributed by atoms with Crippen LogP contribution in [-0.2, 0) is 13.1 Å². The second kappa shape index (κ2) is 6.64. The van der Waals surface area contributed by atoms with Gasteiger partial charge in [0, 0.05) is 6.54 Å². The van der Waals surface area contributed by atoms with Crippen LogP contribution in [0, 0.1) is 5.92 Å². The Balaban J connectivity index is 1.78. The molecule has 2 aromatic heterocycles. The average Bonchev–Trinajstić information content (AvgIpc) is 3.45. The highest BCUT2D eigenvalue weighted by molar-refractivity contribution is 5.72. The van der Waals surface area contributed by atoms with Gasteiger partial charge in [-0.25, -0.2) is 14.3 Å². The van der Waals surface area contributed by atoms with Gasteiger partial charge in [-0.3, -0.25) is 9.36 Å². The fourth-order valence-electron chi connectivity index (χ4n) is 3.61. The molecule has 0 bridgehead atoms. The topological polar surface area (TPSA) is 61.8 Å². The van der Waals surface area contributed by atoms with Gasteiger partial charge in [0.2, 0.25) is 0 Å². The third-order valence-corrected chi connectivity index (χ3v) is 5.25. The molecule has 4 aromatic rings. The van der Waals surface area contributed by atoms with Crippen molar-refractivity contribution in [3.05, 3.63) is 93.4 Å². The first-order chi connectivity index (χ1) is 13.7. The van der Waals surface area contributed by atoms with Crippen LogP contribution in [0.15, 0.2) is 76.6 Å². The van der Waals surface area contributed by atoms with E-state index in [1.54, 1.807) is 10.9 Å². The Morgan fingerprint density at radius 1 is 0.929 bits per heavy atom. The number of aromatic nitrogens is 4. The normalized spacial score (nSPS) is 13.9. The summed E-state index contributed by atoms with van der Waals surface area (Å²) >= 11 is 0. The molecule has 0 spiro atoms. The molecule has 0 aliphatic heterocycles. The largest absolute Gasteiger partial charge is 0.337 e. The van der Waals surface area contributed by atoms with Crippen molar-refractivity contribution in [2.45, 2.75) is 25.9 Å². The number of nitrogens with zero attached hydrogens (tertiary/aromatic N) is 4. The molecule has 2 heterocycles. The molecule has 28 heavy (non-hydrogen) atoms. The highest BCUT2D eigenvalue weighted by atomic mass is 16.2. The van der Waals surface area contributed by atoms with Crippen LogP contribution in [0.5, 0.6) is 0 Å². The number of rotatable bonds is 5. The van der Waals surface area contributed by atoms with Crippen LogP contribution in [-0.4, -0.2) is 18.7 Å². The molecule has 1 saturated carbocycles. The van der Waals surface area contributed by atoms with Crippen molar-refractivity contribution in [2.75, 3.05) is 0 Å². The van der Waals surface area contributed by atoms with Crippen LogP contribution in [0.1, 0.15) is 18.4 Å². The van der Waals surface area contributed by atoms with E-state index in [2.05, 4.69) is 4.98 Å². The van der Waals surface area contributed by atoms with Gasteiger partial charge in [0.15, 0.2) is 11.2 Å². The summed E-state index contributed by atoms with van der Waals surface area (Å²) in [6, 6.07) is 19.0. The molecule has 140 valence electrons. The molecule has 1 aliphatic carbocycles. The van der Waals surface area contributed by atoms with Crippen LogP contribution in [0.25, 0.3) is 16.9 Å². The molecule has 0 unspecified atom stereocenters. The summed E-state index contributed by atoms with van der Waals surface area (Å²) in [5, 5.41) is 0. The third kappa shape index (κ3) is 2.87. The van der Waals surface area contributed by atoms with Crippen LogP contribution < -0.4 is 11.2 Å². The SMILES string of the molecule is O=c1c2c(ncn2CC2CC2)n(-c2ccccc2)c(=O)n1Cc1ccccc1. The van der Waals surface area contributed by atoms with Crippen molar-refractivity contribution in [2.24, 2.45) is 5.92 Å². The Hall–Kier alpha value is -3.41. The lowest BCUT2D eigenvalue weighted by atomic mass is 10.2. The van der Waals surface area contributed by atoms with E-state index in [-0.39, 0.29) is 17.8 Å². The van der Waals surface area contributed by atoms with E-state index in [0.717, 1.165) is 12.1 Å². The Labute approximate surface area is 161 Å². The first kappa shape index (κ1) is 16.7. The quantitative estimate of drug-likeness (QED) is 0.541. The van der Waals surface area contributed by atoms with Crippen molar-refractivity contribution >= 4 is 11.2 Å². The Morgan fingerprint density at radius 3 is 2.29 bits per heavy atom. The minimum Gasteiger partial charge on any atom is -0.324 e. The van der Waals surface area contributed by atoms with E-state index in [9.17, 15) is 9.59 Å². The highest BCUT2D eigenvalue weighted by Gasteiger charge is 2.25. The lowest BCUT2D eigenvalue weighted by Crippen LogP contribution is -2.40. The molecule has 0 saturated heterocycles. The summed E-state index contributed by atoms with van der Waals surface area (Å²) in [5.41, 5.74) is 1.88. The predicted molar refractivity (Wildman–Crippen MR) is 108 cm³/mol. The maximum Gasteiger partial charge on any atom is 0.337 e. The van der Waals surface area contributed by atoms with Gasteiger partial charge in [-0.05, 0) is 36.5 Å². The molecule has 6 nitrogen and oxygen atoms in total. The summed E-state index contributed by atoms with van der Waals surface area (Å²) in [6.45, 7) is 1.000. The molecule has 0 atom stereocenters. The van der Waals surface area contributed by atoms with E-state index in [0.29, 0.717) is 22.8 Å². The van der Waals surface area contributed by atoms with Gasteiger partial charge >= 0.3 is 5.69 Å². The fourth-order valence-corrected chi connectivity index (χ4v) is 3.61. The number of imidazole rings is 1. The Bertz CT molecular complexity index is 1250. The smallest absolute Gasteiger partial charge is 0.324 e. The zero-order valence-corrected chi connectivity index (χ0v) is 15.4. The van der Waals surface area contributed by atoms with Crippen LogP contribution >= 0.6 is 0 Å². The van der Waals surface area contributed by atoms with E-state index in [4.69, 9.17) is 0 Å². The van der Waals surface area contributed by atoms with Crippen molar-refractivity contribution in [3.63, 3.8) is 0 Å². The molecule has 5 rings (SSSR count). The molecular weight excluding hydrogens is 352 g/mol. The Kier molecular flexibility index (Phi) is 3.97. The highest BCUT2D eigenvalue weighted by Crippen LogP contribution is 2.31. The minimum absolute atomic E-state index is 0.232. The summed E-state index contributed by atoms with van der Waals surface area (Å²) < 4.78 is 4.77. The second-order valence-electron chi connectivity index (χ2n) is 7.34.